The Kier molecular flexibility index (Phi) is 6.61. The molecule has 0 radical (unpaired) electrons. The van der Waals surface area contributed by atoms with E-state index in [4.69, 9.17) is 20.4 Å². The van der Waals surface area contributed by atoms with Crippen molar-refractivity contribution in [3.63, 3.8) is 0 Å². The number of imidazole rings is 1. The Morgan fingerprint density at radius 3 is 2.65 bits per heavy atom. The van der Waals surface area contributed by atoms with E-state index < -0.39 is 9.73 Å². The fourth-order valence-corrected chi connectivity index (χ4v) is 6.32. The number of ether oxygens (including phenoxy) is 1. The van der Waals surface area contributed by atoms with Crippen molar-refractivity contribution in [3.05, 3.63) is 35.9 Å². The van der Waals surface area contributed by atoms with E-state index in [9.17, 15) is 9.00 Å². The number of aryl methyl sites for hydroxylation is 1. The van der Waals surface area contributed by atoms with E-state index in [1.165, 1.54) is 12.8 Å². The van der Waals surface area contributed by atoms with Crippen LogP contribution in [-0.2, 0) is 23.3 Å². The minimum atomic E-state index is -2.34. The third-order valence-electron chi connectivity index (χ3n) is 8.12. The predicted octanol–water partition coefficient (Wildman–Crippen LogP) is 4.32. The summed E-state index contributed by atoms with van der Waals surface area (Å²) in [5, 5.41) is 0.971. The van der Waals surface area contributed by atoms with E-state index in [0.29, 0.717) is 35.1 Å². The lowest BCUT2D eigenvalue weighted by Gasteiger charge is -2.37. The van der Waals surface area contributed by atoms with Gasteiger partial charge in [0.05, 0.1) is 18.3 Å². The average molecular weight is 564 g/mol. The number of nitrogens with zero attached hydrogens (tertiary/aromatic N) is 6. The maximum absolute atomic E-state index is 13.6. The number of hydrogen-bond acceptors (Lipinski definition) is 7. The molecule has 4 aromatic rings. The molecule has 2 atom stereocenters. The number of methoxy groups -OCH3 is 1. The molecule has 10 nitrogen and oxygen atoms in total. The second-order valence-corrected chi connectivity index (χ2v) is 14.1. The molecule has 0 bridgehead atoms. The number of benzene rings is 1. The molecular weight excluding hydrogens is 526 g/mol. The quantitative estimate of drug-likeness (QED) is 0.373. The third kappa shape index (κ3) is 4.85. The number of aromatic nitrogens is 4. The molecule has 212 valence electrons. The molecule has 11 heteroatoms. The van der Waals surface area contributed by atoms with Gasteiger partial charge in [0.1, 0.15) is 16.9 Å². The van der Waals surface area contributed by atoms with Crippen LogP contribution in [0.4, 0.5) is 5.82 Å². The molecular formula is C29H37N7O3S. The molecule has 1 aromatic carbocycles. The molecule has 0 unspecified atom stereocenters. The lowest BCUT2D eigenvalue weighted by atomic mass is 9.97. The van der Waals surface area contributed by atoms with Gasteiger partial charge >= 0.3 is 0 Å². The molecule has 2 N–H and O–H groups in total. The first kappa shape index (κ1) is 26.8. The van der Waals surface area contributed by atoms with Gasteiger partial charge in [-0.05, 0) is 68.9 Å². The highest BCUT2D eigenvalue weighted by atomic mass is 32.2. The predicted molar refractivity (Wildman–Crippen MR) is 159 cm³/mol. The first-order chi connectivity index (χ1) is 19.0. The molecule has 40 heavy (non-hydrogen) atoms. The van der Waals surface area contributed by atoms with Crippen molar-refractivity contribution in [1.82, 2.24) is 24.0 Å². The topological polar surface area (TPSA) is 121 Å². The second-order valence-electron chi connectivity index (χ2n) is 11.5. The van der Waals surface area contributed by atoms with Crippen molar-refractivity contribution in [2.24, 2.45) is 23.1 Å². The summed E-state index contributed by atoms with van der Waals surface area (Å²) in [6.07, 6.45) is 7.40. The number of pyridine rings is 1. The largest absolute Gasteiger partial charge is 0.494 e. The summed E-state index contributed by atoms with van der Waals surface area (Å²) in [6.45, 7) is 3.52. The van der Waals surface area contributed by atoms with Crippen molar-refractivity contribution in [3.8, 4) is 17.3 Å². The summed E-state index contributed by atoms with van der Waals surface area (Å²) >= 11 is 0. The van der Waals surface area contributed by atoms with Crippen LogP contribution in [0.25, 0.3) is 33.6 Å². The van der Waals surface area contributed by atoms with Crippen LogP contribution in [0.5, 0.6) is 5.75 Å². The number of fused-ring (bicyclic) bond motifs is 2. The molecule has 3 aromatic heterocycles. The lowest BCUT2D eigenvalue weighted by Crippen LogP contribution is -2.52. The van der Waals surface area contributed by atoms with Crippen molar-refractivity contribution in [1.29, 1.82) is 0 Å². The molecule has 1 aliphatic heterocycles. The molecule has 1 aliphatic carbocycles. The van der Waals surface area contributed by atoms with E-state index in [2.05, 4.69) is 15.0 Å². The Morgan fingerprint density at radius 1 is 1.18 bits per heavy atom. The number of nitrogens with two attached hydrogens (primary N) is 1. The second kappa shape index (κ2) is 9.88. The summed E-state index contributed by atoms with van der Waals surface area (Å²) in [7, 11) is 1.25. The van der Waals surface area contributed by atoms with E-state index >= 15 is 0 Å². The van der Waals surface area contributed by atoms with Crippen LogP contribution >= 0.6 is 0 Å². The normalized spacial score (nSPS) is 19.9. The number of piperidine rings is 1. The van der Waals surface area contributed by atoms with Crippen LogP contribution in [0.15, 0.2) is 34.7 Å². The van der Waals surface area contributed by atoms with Crippen LogP contribution in [0.2, 0.25) is 0 Å². The van der Waals surface area contributed by atoms with Gasteiger partial charge in [0, 0.05) is 65.4 Å². The molecule has 2 aliphatic rings. The first-order valence-corrected chi connectivity index (χ1v) is 16.2. The average Bonchev–Trinajstić information content (AvgIpc) is 3.58. The number of carbonyl (C=O) groups excluding carboxylic acids is 1. The molecule has 1 saturated heterocycles. The summed E-state index contributed by atoms with van der Waals surface area (Å²) < 4.78 is 26.7. The Hall–Kier alpha value is -3.44. The zero-order chi connectivity index (χ0) is 28.3. The van der Waals surface area contributed by atoms with Gasteiger partial charge in [-0.2, -0.15) is 4.36 Å². The maximum atomic E-state index is 13.6. The molecule has 6 rings (SSSR count). The monoisotopic (exact) mass is 563 g/mol. The van der Waals surface area contributed by atoms with Gasteiger partial charge in [-0.25, -0.2) is 14.2 Å². The van der Waals surface area contributed by atoms with Crippen LogP contribution in [0.1, 0.15) is 43.0 Å². The number of hydrogen-bond donors (Lipinski definition) is 1. The number of rotatable bonds is 6. The van der Waals surface area contributed by atoms with Crippen LogP contribution < -0.4 is 10.5 Å². The minimum absolute atomic E-state index is 0.0267. The van der Waals surface area contributed by atoms with Crippen molar-refractivity contribution in [2.45, 2.75) is 51.2 Å². The highest BCUT2D eigenvalue weighted by molar-refractivity contribution is 7.92. The summed E-state index contributed by atoms with van der Waals surface area (Å²) in [4.78, 5) is 25.3. The zero-order valence-electron chi connectivity index (χ0n) is 23.8. The standard InChI is InChI=1S/C29H37N7O3S/c1-17-21(30)7-6-12-35(17)29(37)20-13-22-26(24(15-20)39-3)34(2)28(31-22)23-14-19-10-11-25(33-40(4,5)38)32-27(19)36(23)16-18-8-9-18/h10-11,13-15,17-18,21H,6-9,12,16,30H2,1-5H3/t17-,21-/m1/s1. The summed E-state index contributed by atoms with van der Waals surface area (Å²) in [6, 6.07) is 9.50. The van der Waals surface area contributed by atoms with Crippen molar-refractivity contribution in [2.75, 3.05) is 26.2 Å². The van der Waals surface area contributed by atoms with Gasteiger partial charge in [-0.1, -0.05) is 0 Å². The smallest absolute Gasteiger partial charge is 0.254 e. The number of likely N-dealkylation sites (tertiary alicyclic amines) is 1. The van der Waals surface area contributed by atoms with Gasteiger partial charge < -0.3 is 24.5 Å². The van der Waals surface area contributed by atoms with Gasteiger partial charge in [0.2, 0.25) is 0 Å². The van der Waals surface area contributed by atoms with Crippen molar-refractivity contribution >= 4 is 43.5 Å². The molecule has 1 saturated carbocycles. The molecule has 0 spiro atoms. The van der Waals surface area contributed by atoms with Gasteiger partial charge in [0.15, 0.2) is 11.6 Å². The molecule has 1 amide bonds. The van der Waals surface area contributed by atoms with Crippen LogP contribution in [0, 0.1) is 5.92 Å². The van der Waals surface area contributed by atoms with E-state index in [0.717, 1.165) is 47.5 Å². The Bertz CT molecular complexity index is 1750. The highest BCUT2D eigenvalue weighted by Crippen LogP contribution is 2.38. The fraction of sp³-hybridized carbons (Fsp3) is 0.483. The van der Waals surface area contributed by atoms with Crippen LogP contribution in [-0.4, -0.2) is 72.4 Å². The van der Waals surface area contributed by atoms with Gasteiger partial charge in [-0.15, -0.1) is 0 Å². The Labute approximate surface area is 234 Å². The van der Waals surface area contributed by atoms with E-state index in [1.807, 2.05) is 47.7 Å². The Balaban J connectivity index is 1.49. The zero-order valence-corrected chi connectivity index (χ0v) is 24.6. The first-order valence-electron chi connectivity index (χ1n) is 13.8. The van der Waals surface area contributed by atoms with Gasteiger partial charge in [0.25, 0.3) is 5.91 Å². The highest BCUT2D eigenvalue weighted by Gasteiger charge is 2.31. The lowest BCUT2D eigenvalue weighted by molar-refractivity contribution is 0.0605. The number of amides is 1. The van der Waals surface area contributed by atoms with Crippen molar-refractivity contribution < 1.29 is 13.7 Å². The fourth-order valence-electron chi connectivity index (χ4n) is 5.77. The molecule has 4 heterocycles. The summed E-state index contributed by atoms with van der Waals surface area (Å²) in [5.74, 6) is 2.36. The summed E-state index contributed by atoms with van der Waals surface area (Å²) in [5.41, 5.74) is 10.1. The van der Waals surface area contributed by atoms with E-state index in [1.54, 1.807) is 19.6 Å². The minimum Gasteiger partial charge on any atom is -0.494 e. The van der Waals surface area contributed by atoms with E-state index in [-0.39, 0.29) is 18.0 Å². The van der Waals surface area contributed by atoms with Gasteiger partial charge in [-0.3, -0.25) is 4.79 Å². The molecule has 2 fully saturated rings. The third-order valence-corrected chi connectivity index (χ3v) is 8.75. The van der Waals surface area contributed by atoms with Crippen LogP contribution in [0.3, 0.4) is 0 Å². The SMILES string of the molecule is COc1cc(C(=O)N2CCC[C@@H](N)[C@H]2C)cc2nc(-c3cc4ccc(N=S(C)(C)=O)nc4n3CC3CC3)n(C)c12. The Morgan fingerprint density at radius 2 is 1.95 bits per heavy atom. The number of carbonyl (C=O) groups is 1. The maximum Gasteiger partial charge on any atom is 0.254 e.